The molecule has 0 aromatic rings. The van der Waals surface area contributed by atoms with E-state index in [-0.39, 0.29) is 25.0 Å². The number of ether oxygens (including phenoxy) is 4. The smallest absolute Gasteiger partial charge is 0.157 e. The van der Waals surface area contributed by atoms with E-state index in [0.717, 1.165) is 32.4 Å². The Morgan fingerprint density at radius 1 is 1.14 bits per heavy atom. The van der Waals surface area contributed by atoms with E-state index in [9.17, 15) is 5.11 Å². The monoisotopic (exact) mass is 303 g/mol. The first kappa shape index (κ1) is 17.1. The van der Waals surface area contributed by atoms with Crippen molar-refractivity contribution in [3.63, 3.8) is 0 Å². The van der Waals surface area contributed by atoms with Gasteiger partial charge in [-0.05, 0) is 32.7 Å². The molecule has 21 heavy (non-hydrogen) atoms. The zero-order valence-electron chi connectivity index (χ0n) is 13.0. The standard InChI is InChI=1S/C15H29NO5/c1-16-11-14(10-13(16)12-17)19-8-6-18-7-9-21-15-4-2-3-5-20-15/h13-15,17H,2-12H2,1H3/t13-,14-,15-/m1/s1. The molecular weight excluding hydrogens is 274 g/mol. The van der Waals surface area contributed by atoms with E-state index in [2.05, 4.69) is 4.90 Å². The van der Waals surface area contributed by atoms with Gasteiger partial charge in [-0.2, -0.15) is 0 Å². The molecule has 0 aromatic heterocycles. The Labute approximate surface area is 127 Å². The van der Waals surface area contributed by atoms with Gasteiger partial charge in [0.05, 0.1) is 39.1 Å². The molecule has 2 heterocycles. The van der Waals surface area contributed by atoms with Crippen molar-refractivity contribution in [3.8, 4) is 0 Å². The predicted octanol–water partition coefficient (Wildman–Crippen LogP) is 0.628. The molecule has 1 N–H and O–H groups in total. The minimum Gasteiger partial charge on any atom is -0.395 e. The highest BCUT2D eigenvalue weighted by molar-refractivity contribution is 4.83. The Morgan fingerprint density at radius 3 is 2.62 bits per heavy atom. The molecule has 2 aliphatic rings. The fourth-order valence-corrected chi connectivity index (χ4v) is 2.82. The van der Waals surface area contributed by atoms with Gasteiger partial charge in [0.25, 0.3) is 0 Å². The van der Waals surface area contributed by atoms with Gasteiger partial charge in [0.1, 0.15) is 0 Å². The minimum atomic E-state index is -0.0389. The molecule has 0 bridgehead atoms. The molecule has 2 fully saturated rings. The second-order valence-electron chi connectivity index (χ2n) is 5.78. The van der Waals surface area contributed by atoms with Crippen LogP contribution < -0.4 is 0 Å². The Kier molecular flexibility index (Phi) is 7.92. The molecule has 6 heteroatoms. The molecule has 0 spiro atoms. The molecule has 0 aliphatic carbocycles. The predicted molar refractivity (Wildman–Crippen MR) is 78.2 cm³/mol. The third kappa shape index (κ3) is 6.18. The highest BCUT2D eigenvalue weighted by Crippen LogP contribution is 2.17. The quantitative estimate of drug-likeness (QED) is 0.630. The van der Waals surface area contributed by atoms with Crippen molar-refractivity contribution in [1.82, 2.24) is 4.90 Å². The SMILES string of the molecule is CN1C[C@H](OCCOCCO[C@@H]2CCCCO2)C[C@@H]1CO. The van der Waals surface area contributed by atoms with Crippen LogP contribution in [0.4, 0.5) is 0 Å². The molecule has 2 rings (SSSR count). The number of likely N-dealkylation sites (N-methyl/N-ethyl adjacent to an activating group) is 1. The van der Waals surface area contributed by atoms with Crippen LogP contribution in [-0.4, -0.2) is 81.7 Å². The maximum atomic E-state index is 9.18. The van der Waals surface area contributed by atoms with Gasteiger partial charge in [-0.25, -0.2) is 0 Å². The number of aliphatic hydroxyl groups excluding tert-OH is 1. The summed E-state index contributed by atoms with van der Waals surface area (Å²) in [5.74, 6) is 0. The first-order valence-corrected chi connectivity index (χ1v) is 8.03. The summed E-state index contributed by atoms with van der Waals surface area (Å²) in [4.78, 5) is 2.14. The fraction of sp³-hybridized carbons (Fsp3) is 1.00. The molecule has 0 saturated carbocycles. The Morgan fingerprint density at radius 2 is 1.95 bits per heavy atom. The molecule has 0 unspecified atom stereocenters. The van der Waals surface area contributed by atoms with E-state index in [4.69, 9.17) is 18.9 Å². The van der Waals surface area contributed by atoms with Gasteiger partial charge in [-0.15, -0.1) is 0 Å². The van der Waals surface area contributed by atoms with Crippen molar-refractivity contribution in [2.45, 2.75) is 44.1 Å². The summed E-state index contributed by atoms with van der Waals surface area (Å²) in [5.41, 5.74) is 0. The van der Waals surface area contributed by atoms with Crippen molar-refractivity contribution >= 4 is 0 Å². The lowest BCUT2D eigenvalue weighted by Crippen LogP contribution is -2.28. The van der Waals surface area contributed by atoms with E-state index in [1.54, 1.807) is 0 Å². The van der Waals surface area contributed by atoms with Crippen molar-refractivity contribution < 1.29 is 24.1 Å². The van der Waals surface area contributed by atoms with Gasteiger partial charge in [0.15, 0.2) is 6.29 Å². The average molecular weight is 303 g/mol. The molecule has 0 aromatic carbocycles. The molecule has 2 aliphatic heterocycles. The van der Waals surface area contributed by atoms with Gasteiger partial charge in [0.2, 0.25) is 0 Å². The lowest BCUT2D eigenvalue weighted by Gasteiger charge is -2.22. The molecule has 0 amide bonds. The molecule has 0 radical (unpaired) electrons. The minimum absolute atomic E-state index is 0.0389. The summed E-state index contributed by atoms with van der Waals surface area (Å²) >= 11 is 0. The number of nitrogens with zero attached hydrogens (tertiary/aromatic N) is 1. The second-order valence-corrected chi connectivity index (χ2v) is 5.78. The maximum Gasteiger partial charge on any atom is 0.157 e. The number of hydrogen-bond acceptors (Lipinski definition) is 6. The van der Waals surface area contributed by atoms with Gasteiger partial charge >= 0.3 is 0 Å². The lowest BCUT2D eigenvalue weighted by molar-refractivity contribution is -0.169. The molecule has 3 atom stereocenters. The summed E-state index contributed by atoms with van der Waals surface area (Å²) in [6.07, 6.45) is 4.38. The summed E-state index contributed by atoms with van der Waals surface area (Å²) < 4.78 is 22.3. The zero-order chi connectivity index (χ0) is 14.9. The van der Waals surface area contributed by atoms with Crippen LogP contribution in [0.1, 0.15) is 25.7 Å². The number of hydrogen-bond donors (Lipinski definition) is 1. The van der Waals surface area contributed by atoms with Crippen molar-refractivity contribution in [2.75, 3.05) is 53.2 Å². The van der Waals surface area contributed by atoms with Crippen LogP contribution in [0.5, 0.6) is 0 Å². The van der Waals surface area contributed by atoms with Gasteiger partial charge in [-0.1, -0.05) is 0 Å². The van der Waals surface area contributed by atoms with E-state index in [1.807, 2.05) is 7.05 Å². The molecule has 2 saturated heterocycles. The third-order valence-corrected chi connectivity index (χ3v) is 4.11. The van der Waals surface area contributed by atoms with Crippen LogP contribution in [0.3, 0.4) is 0 Å². The third-order valence-electron chi connectivity index (χ3n) is 4.11. The fourth-order valence-electron chi connectivity index (χ4n) is 2.82. The Balaban J connectivity index is 1.40. The number of aliphatic hydroxyl groups is 1. The second kappa shape index (κ2) is 9.71. The summed E-state index contributed by atoms with van der Waals surface area (Å²) in [7, 11) is 2.02. The van der Waals surface area contributed by atoms with Gasteiger partial charge in [0, 0.05) is 19.2 Å². The van der Waals surface area contributed by atoms with Crippen LogP contribution in [0, 0.1) is 0 Å². The summed E-state index contributed by atoms with van der Waals surface area (Å²) in [6, 6.07) is 0.236. The van der Waals surface area contributed by atoms with E-state index in [1.165, 1.54) is 6.42 Å². The van der Waals surface area contributed by atoms with E-state index in [0.29, 0.717) is 26.4 Å². The average Bonchev–Trinajstić information content (AvgIpc) is 2.87. The normalized spacial score (nSPS) is 30.9. The van der Waals surface area contributed by atoms with Gasteiger partial charge < -0.3 is 24.1 Å². The summed E-state index contributed by atoms with van der Waals surface area (Å²) in [5, 5.41) is 9.18. The topological polar surface area (TPSA) is 60.4 Å². The first-order chi connectivity index (χ1) is 10.3. The highest BCUT2D eigenvalue weighted by atomic mass is 16.7. The van der Waals surface area contributed by atoms with Crippen molar-refractivity contribution in [1.29, 1.82) is 0 Å². The van der Waals surface area contributed by atoms with Gasteiger partial charge in [-0.3, -0.25) is 4.90 Å². The van der Waals surface area contributed by atoms with Crippen molar-refractivity contribution in [3.05, 3.63) is 0 Å². The van der Waals surface area contributed by atoms with Crippen LogP contribution >= 0.6 is 0 Å². The number of likely N-dealkylation sites (tertiary alicyclic amines) is 1. The molecule has 6 nitrogen and oxygen atoms in total. The van der Waals surface area contributed by atoms with E-state index >= 15 is 0 Å². The lowest BCUT2D eigenvalue weighted by atomic mass is 10.2. The highest BCUT2D eigenvalue weighted by Gasteiger charge is 2.29. The maximum absolute atomic E-state index is 9.18. The molecule has 124 valence electrons. The zero-order valence-corrected chi connectivity index (χ0v) is 13.0. The Bertz CT molecular complexity index is 273. The molecular formula is C15H29NO5. The van der Waals surface area contributed by atoms with Crippen LogP contribution in [0.2, 0.25) is 0 Å². The summed E-state index contributed by atoms with van der Waals surface area (Å²) in [6.45, 7) is 4.22. The van der Waals surface area contributed by atoms with Crippen LogP contribution in [-0.2, 0) is 18.9 Å². The largest absolute Gasteiger partial charge is 0.395 e. The van der Waals surface area contributed by atoms with Crippen LogP contribution in [0.15, 0.2) is 0 Å². The Hall–Kier alpha value is -0.240. The van der Waals surface area contributed by atoms with E-state index < -0.39 is 0 Å². The van der Waals surface area contributed by atoms with Crippen molar-refractivity contribution in [2.24, 2.45) is 0 Å². The first-order valence-electron chi connectivity index (χ1n) is 8.03. The number of rotatable bonds is 9. The van der Waals surface area contributed by atoms with Crippen LogP contribution in [0.25, 0.3) is 0 Å².